The lowest BCUT2D eigenvalue weighted by molar-refractivity contribution is 0.0595. The third-order valence-corrected chi connectivity index (χ3v) is 4.92. The Labute approximate surface area is 149 Å². The van der Waals surface area contributed by atoms with E-state index in [4.69, 9.17) is 0 Å². The van der Waals surface area contributed by atoms with Crippen LogP contribution in [-0.2, 0) is 0 Å². The van der Waals surface area contributed by atoms with E-state index in [0.29, 0.717) is 11.6 Å². The SMILES string of the molecule is CC(C)N1CCN(C(=O)c2ccc(C(O)c3ccccc3)cc2)CC1. The average Bonchev–Trinajstić information content (AvgIpc) is 2.67. The molecule has 1 unspecified atom stereocenters. The van der Waals surface area contributed by atoms with Crippen molar-refractivity contribution in [2.24, 2.45) is 0 Å². The van der Waals surface area contributed by atoms with Crippen molar-refractivity contribution < 1.29 is 9.90 Å². The quantitative estimate of drug-likeness (QED) is 0.932. The Morgan fingerprint density at radius 1 is 0.880 bits per heavy atom. The second kappa shape index (κ2) is 7.81. The summed E-state index contributed by atoms with van der Waals surface area (Å²) in [7, 11) is 0. The van der Waals surface area contributed by atoms with Gasteiger partial charge in [-0.25, -0.2) is 0 Å². The van der Waals surface area contributed by atoms with E-state index in [1.807, 2.05) is 59.5 Å². The van der Waals surface area contributed by atoms with E-state index in [2.05, 4.69) is 18.7 Å². The molecule has 3 rings (SSSR count). The highest BCUT2D eigenvalue weighted by atomic mass is 16.3. The molecule has 25 heavy (non-hydrogen) atoms. The second-order valence-corrected chi connectivity index (χ2v) is 6.86. The molecule has 2 aromatic carbocycles. The normalized spacial score (nSPS) is 16.9. The Balaban J connectivity index is 1.65. The number of hydrogen-bond acceptors (Lipinski definition) is 3. The van der Waals surface area contributed by atoms with Crippen LogP contribution in [0.3, 0.4) is 0 Å². The summed E-state index contributed by atoms with van der Waals surface area (Å²) in [5.74, 6) is 0.0733. The molecule has 4 nitrogen and oxygen atoms in total. The minimum Gasteiger partial charge on any atom is -0.384 e. The number of aliphatic hydroxyl groups is 1. The molecule has 132 valence electrons. The lowest BCUT2D eigenvalue weighted by Crippen LogP contribution is -2.50. The number of carbonyl (C=O) groups excluding carboxylic acids is 1. The molecule has 0 spiro atoms. The zero-order valence-electron chi connectivity index (χ0n) is 14.9. The first-order valence-electron chi connectivity index (χ1n) is 8.92. The van der Waals surface area contributed by atoms with E-state index in [0.717, 1.165) is 37.3 Å². The monoisotopic (exact) mass is 338 g/mol. The van der Waals surface area contributed by atoms with E-state index in [9.17, 15) is 9.90 Å². The predicted molar refractivity (Wildman–Crippen MR) is 99.6 cm³/mol. The first kappa shape index (κ1) is 17.6. The van der Waals surface area contributed by atoms with Crippen LogP contribution < -0.4 is 0 Å². The minimum atomic E-state index is -0.667. The summed E-state index contributed by atoms with van der Waals surface area (Å²) in [4.78, 5) is 17.0. The number of benzene rings is 2. The van der Waals surface area contributed by atoms with Crippen LogP contribution in [0, 0.1) is 0 Å². The lowest BCUT2D eigenvalue weighted by Gasteiger charge is -2.37. The molecule has 0 radical (unpaired) electrons. The fraction of sp³-hybridized carbons (Fsp3) is 0.381. The van der Waals surface area contributed by atoms with Crippen LogP contribution >= 0.6 is 0 Å². The van der Waals surface area contributed by atoms with E-state index >= 15 is 0 Å². The lowest BCUT2D eigenvalue weighted by atomic mass is 10.00. The van der Waals surface area contributed by atoms with Crippen molar-refractivity contribution in [1.82, 2.24) is 9.80 Å². The van der Waals surface area contributed by atoms with Crippen molar-refractivity contribution in [2.45, 2.75) is 26.0 Å². The maximum Gasteiger partial charge on any atom is 0.253 e. The fourth-order valence-electron chi connectivity index (χ4n) is 3.26. The van der Waals surface area contributed by atoms with Gasteiger partial charge in [0.2, 0.25) is 0 Å². The van der Waals surface area contributed by atoms with Crippen molar-refractivity contribution in [3.63, 3.8) is 0 Å². The minimum absolute atomic E-state index is 0.0733. The number of nitrogens with zero attached hydrogens (tertiary/aromatic N) is 2. The molecule has 1 atom stereocenters. The van der Waals surface area contributed by atoms with Gasteiger partial charge in [-0.05, 0) is 37.1 Å². The molecule has 1 fully saturated rings. The maximum absolute atomic E-state index is 12.7. The van der Waals surface area contributed by atoms with Gasteiger partial charge in [0.1, 0.15) is 6.10 Å². The Kier molecular flexibility index (Phi) is 5.51. The zero-order chi connectivity index (χ0) is 17.8. The highest BCUT2D eigenvalue weighted by molar-refractivity contribution is 5.94. The van der Waals surface area contributed by atoms with Gasteiger partial charge in [0.05, 0.1) is 0 Å². The number of carbonyl (C=O) groups is 1. The van der Waals surface area contributed by atoms with Gasteiger partial charge in [-0.1, -0.05) is 42.5 Å². The van der Waals surface area contributed by atoms with Crippen molar-refractivity contribution in [3.8, 4) is 0 Å². The summed E-state index contributed by atoms with van der Waals surface area (Å²) in [6.45, 7) is 7.77. The van der Waals surface area contributed by atoms with Crippen LogP contribution in [0.15, 0.2) is 54.6 Å². The summed E-state index contributed by atoms with van der Waals surface area (Å²) < 4.78 is 0. The van der Waals surface area contributed by atoms with Gasteiger partial charge >= 0.3 is 0 Å². The third-order valence-electron chi connectivity index (χ3n) is 4.92. The largest absolute Gasteiger partial charge is 0.384 e. The van der Waals surface area contributed by atoms with Crippen molar-refractivity contribution in [2.75, 3.05) is 26.2 Å². The van der Waals surface area contributed by atoms with Gasteiger partial charge in [0.25, 0.3) is 5.91 Å². The summed E-state index contributed by atoms with van der Waals surface area (Å²) >= 11 is 0. The summed E-state index contributed by atoms with van der Waals surface area (Å²) in [6, 6.07) is 17.4. The average molecular weight is 338 g/mol. The summed E-state index contributed by atoms with van der Waals surface area (Å²) in [5, 5.41) is 10.5. The maximum atomic E-state index is 12.7. The third kappa shape index (κ3) is 4.09. The molecule has 0 saturated carbocycles. The van der Waals surface area contributed by atoms with Crippen LogP contribution in [-0.4, -0.2) is 53.0 Å². The highest BCUT2D eigenvalue weighted by Crippen LogP contribution is 2.22. The number of rotatable bonds is 4. The Morgan fingerprint density at radius 3 is 2.00 bits per heavy atom. The van der Waals surface area contributed by atoms with Crippen molar-refractivity contribution >= 4 is 5.91 Å². The van der Waals surface area contributed by atoms with Gasteiger partial charge in [0, 0.05) is 37.8 Å². The van der Waals surface area contributed by atoms with Gasteiger partial charge in [-0.15, -0.1) is 0 Å². The molecule has 1 aliphatic heterocycles. The van der Waals surface area contributed by atoms with Crippen LogP contribution in [0.5, 0.6) is 0 Å². The molecule has 1 amide bonds. The molecule has 1 saturated heterocycles. The summed E-state index contributed by atoms with van der Waals surface area (Å²) in [6.07, 6.45) is -0.667. The van der Waals surface area contributed by atoms with Gasteiger partial charge in [-0.3, -0.25) is 9.69 Å². The molecular weight excluding hydrogens is 312 g/mol. The smallest absolute Gasteiger partial charge is 0.253 e. The standard InChI is InChI=1S/C21H26N2O2/c1-16(2)22-12-14-23(15-13-22)21(25)19-10-8-18(9-11-19)20(24)17-6-4-3-5-7-17/h3-11,16,20,24H,12-15H2,1-2H3. The Morgan fingerprint density at radius 2 is 1.44 bits per heavy atom. The molecule has 0 aromatic heterocycles. The van der Waals surface area contributed by atoms with Crippen LogP contribution in [0.25, 0.3) is 0 Å². The van der Waals surface area contributed by atoms with E-state index in [1.165, 1.54) is 0 Å². The van der Waals surface area contributed by atoms with Crippen LogP contribution in [0.4, 0.5) is 0 Å². The van der Waals surface area contributed by atoms with Crippen molar-refractivity contribution in [1.29, 1.82) is 0 Å². The molecule has 4 heteroatoms. The Bertz CT molecular complexity index is 690. The molecule has 2 aromatic rings. The van der Waals surface area contributed by atoms with Crippen molar-refractivity contribution in [3.05, 3.63) is 71.3 Å². The number of hydrogen-bond donors (Lipinski definition) is 1. The summed E-state index contributed by atoms with van der Waals surface area (Å²) in [5.41, 5.74) is 2.33. The first-order chi connectivity index (χ1) is 12.1. The van der Waals surface area contributed by atoms with Crippen LogP contribution in [0.2, 0.25) is 0 Å². The zero-order valence-corrected chi connectivity index (χ0v) is 14.9. The fourth-order valence-corrected chi connectivity index (χ4v) is 3.26. The van der Waals surface area contributed by atoms with Gasteiger partial charge in [0.15, 0.2) is 0 Å². The Hall–Kier alpha value is -2.17. The molecule has 0 aliphatic carbocycles. The first-order valence-corrected chi connectivity index (χ1v) is 8.92. The predicted octanol–water partition coefficient (Wildman–Crippen LogP) is 2.93. The van der Waals surface area contributed by atoms with E-state index in [-0.39, 0.29) is 5.91 Å². The molecule has 0 bridgehead atoms. The number of amides is 1. The highest BCUT2D eigenvalue weighted by Gasteiger charge is 2.23. The topological polar surface area (TPSA) is 43.8 Å². The van der Waals surface area contributed by atoms with Gasteiger partial charge in [-0.2, -0.15) is 0 Å². The van der Waals surface area contributed by atoms with E-state index < -0.39 is 6.10 Å². The van der Waals surface area contributed by atoms with Gasteiger partial charge < -0.3 is 10.0 Å². The molecular formula is C21H26N2O2. The molecule has 1 heterocycles. The second-order valence-electron chi connectivity index (χ2n) is 6.86. The molecule has 1 aliphatic rings. The van der Waals surface area contributed by atoms with E-state index in [1.54, 1.807) is 0 Å². The van der Waals surface area contributed by atoms with Crippen LogP contribution in [0.1, 0.15) is 41.4 Å². The number of piperazine rings is 1. The molecule has 1 N–H and O–H groups in total. The number of aliphatic hydroxyl groups excluding tert-OH is 1.